The standard InChI is InChI=1S/C19H18N2O3/c1-19(2)15-9-4-5-10-16(15)20(3)18(19)12-17(22)13-7-6-8-14(11-13)21(23)24/h4-12H,1-3H3. The fourth-order valence-corrected chi connectivity index (χ4v) is 3.24. The number of rotatable bonds is 3. The monoisotopic (exact) mass is 322 g/mol. The number of hydrogen-bond acceptors (Lipinski definition) is 4. The van der Waals surface area contributed by atoms with E-state index in [1.54, 1.807) is 12.1 Å². The minimum Gasteiger partial charge on any atom is -0.347 e. The molecule has 0 radical (unpaired) electrons. The van der Waals surface area contributed by atoms with Gasteiger partial charge in [0.25, 0.3) is 5.69 Å². The van der Waals surface area contributed by atoms with E-state index in [0.29, 0.717) is 5.56 Å². The van der Waals surface area contributed by atoms with Crippen molar-refractivity contribution in [1.29, 1.82) is 0 Å². The maximum atomic E-state index is 12.6. The van der Waals surface area contributed by atoms with Gasteiger partial charge < -0.3 is 4.90 Å². The number of nitro groups is 1. The SMILES string of the molecule is CN1C(=CC(=O)c2cccc([N+](=O)[O-])c2)C(C)(C)c2ccccc21. The van der Waals surface area contributed by atoms with Crippen molar-refractivity contribution in [3.05, 3.63) is 81.5 Å². The van der Waals surface area contributed by atoms with Crippen molar-refractivity contribution in [1.82, 2.24) is 0 Å². The molecule has 0 bridgehead atoms. The Balaban J connectivity index is 2.02. The molecule has 122 valence electrons. The maximum absolute atomic E-state index is 12.6. The number of hydrogen-bond donors (Lipinski definition) is 0. The molecule has 2 aromatic carbocycles. The second-order valence-corrected chi connectivity index (χ2v) is 6.40. The van der Waals surface area contributed by atoms with Crippen LogP contribution in [0.4, 0.5) is 11.4 Å². The van der Waals surface area contributed by atoms with Gasteiger partial charge in [-0.3, -0.25) is 14.9 Å². The first-order valence-corrected chi connectivity index (χ1v) is 7.66. The van der Waals surface area contributed by atoms with E-state index in [4.69, 9.17) is 0 Å². The molecule has 3 rings (SSSR count). The molecule has 0 saturated carbocycles. The van der Waals surface area contributed by atoms with Gasteiger partial charge in [0.1, 0.15) is 0 Å². The lowest BCUT2D eigenvalue weighted by molar-refractivity contribution is -0.384. The average molecular weight is 322 g/mol. The Kier molecular flexibility index (Phi) is 3.72. The predicted molar refractivity (Wildman–Crippen MR) is 93.4 cm³/mol. The third-order valence-corrected chi connectivity index (χ3v) is 4.55. The second kappa shape index (κ2) is 5.60. The van der Waals surface area contributed by atoms with Crippen LogP contribution in [0.5, 0.6) is 0 Å². The zero-order chi connectivity index (χ0) is 17.5. The van der Waals surface area contributed by atoms with E-state index >= 15 is 0 Å². The molecule has 0 N–H and O–H groups in total. The van der Waals surface area contributed by atoms with Crippen LogP contribution in [0.15, 0.2) is 60.3 Å². The highest BCUT2D eigenvalue weighted by molar-refractivity contribution is 6.06. The third-order valence-electron chi connectivity index (χ3n) is 4.55. The van der Waals surface area contributed by atoms with Crippen LogP contribution in [0.2, 0.25) is 0 Å². The molecule has 24 heavy (non-hydrogen) atoms. The van der Waals surface area contributed by atoms with Gasteiger partial charge in [-0.25, -0.2) is 0 Å². The van der Waals surface area contributed by atoms with Gasteiger partial charge >= 0.3 is 0 Å². The van der Waals surface area contributed by atoms with Crippen LogP contribution >= 0.6 is 0 Å². The molecule has 5 heteroatoms. The topological polar surface area (TPSA) is 63.5 Å². The van der Waals surface area contributed by atoms with E-state index in [9.17, 15) is 14.9 Å². The molecular formula is C19H18N2O3. The summed E-state index contributed by atoms with van der Waals surface area (Å²) in [6.07, 6.45) is 1.58. The number of para-hydroxylation sites is 1. The van der Waals surface area contributed by atoms with Crippen molar-refractivity contribution in [3.63, 3.8) is 0 Å². The summed E-state index contributed by atoms with van der Waals surface area (Å²) in [6, 6.07) is 13.9. The van der Waals surface area contributed by atoms with Crippen molar-refractivity contribution >= 4 is 17.2 Å². The predicted octanol–water partition coefficient (Wildman–Crippen LogP) is 4.09. The van der Waals surface area contributed by atoms with Gasteiger partial charge in [0.2, 0.25) is 0 Å². The first-order chi connectivity index (χ1) is 11.3. The lowest BCUT2D eigenvalue weighted by Gasteiger charge is -2.23. The number of benzene rings is 2. The summed E-state index contributed by atoms with van der Waals surface area (Å²) in [4.78, 5) is 25.0. The summed E-state index contributed by atoms with van der Waals surface area (Å²) in [7, 11) is 1.93. The Morgan fingerprint density at radius 3 is 2.54 bits per heavy atom. The van der Waals surface area contributed by atoms with Gasteiger partial charge in [-0.2, -0.15) is 0 Å². The smallest absolute Gasteiger partial charge is 0.270 e. The van der Waals surface area contributed by atoms with E-state index in [1.165, 1.54) is 18.2 Å². The molecule has 2 aromatic rings. The number of likely N-dealkylation sites (N-methyl/N-ethyl adjacent to an activating group) is 1. The zero-order valence-electron chi connectivity index (χ0n) is 13.8. The van der Waals surface area contributed by atoms with E-state index in [0.717, 1.165) is 16.9 Å². The number of nitrogens with zero attached hydrogens (tertiary/aromatic N) is 2. The van der Waals surface area contributed by atoms with Crippen molar-refractivity contribution in [3.8, 4) is 0 Å². The molecule has 1 heterocycles. The lowest BCUT2D eigenvalue weighted by Crippen LogP contribution is -2.24. The maximum Gasteiger partial charge on any atom is 0.270 e. The van der Waals surface area contributed by atoms with Crippen molar-refractivity contribution in [2.24, 2.45) is 0 Å². The fraction of sp³-hybridized carbons (Fsp3) is 0.211. The Morgan fingerprint density at radius 1 is 1.17 bits per heavy atom. The summed E-state index contributed by atoms with van der Waals surface area (Å²) in [6.45, 7) is 4.14. The quantitative estimate of drug-likeness (QED) is 0.369. The second-order valence-electron chi connectivity index (χ2n) is 6.40. The van der Waals surface area contributed by atoms with Crippen LogP contribution in [-0.2, 0) is 5.41 Å². The third kappa shape index (κ3) is 2.48. The molecule has 0 unspecified atom stereocenters. The van der Waals surface area contributed by atoms with Gasteiger partial charge in [-0.1, -0.05) is 44.2 Å². The molecule has 0 fully saturated rings. The summed E-state index contributed by atoms with van der Waals surface area (Å²) >= 11 is 0. The van der Waals surface area contributed by atoms with Gasteiger partial charge in [-0.05, 0) is 11.6 Å². The molecule has 0 aliphatic carbocycles. The Morgan fingerprint density at radius 2 is 1.88 bits per heavy atom. The molecule has 0 atom stereocenters. The Labute approximate surface area is 140 Å². The van der Waals surface area contributed by atoms with Crippen LogP contribution in [0, 0.1) is 10.1 Å². The molecule has 0 amide bonds. The van der Waals surface area contributed by atoms with Gasteiger partial charge in [0, 0.05) is 47.6 Å². The van der Waals surface area contributed by atoms with Crippen molar-refractivity contribution in [2.45, 2.75) is 19.3 Å². The molecule has 0 aromatic heterocycles. The molecule has 0 spiro atoms. The zero-order valence-corrected chi connectivity index (χ0v) is 13.8. The highest BCUT2D eigenvalue weighted by Gasteiger charge is 2.38. The normalized spacial score (nSPS) is 17.0. The molecule has 5 nitrogen and oxygen atoms in total. The Bertz CT molecular complexity index is 868. The average Bonchev–Trinajstić information content (AvgIpc) is 2.76. The highest BCUT2D eigenvalue weighted by Crippen LogP contribution is 2.46. The number of carbonyl (C=O) groups is 1. The number of ketones is 1. The minimum absolute atomic E-state index is 0.0819. The lowest BCUT2D eigenvalue weighted by atomic mass is 9.83. The summed E-state index contributed by atoms with van der Waals surface area (Å²) < 4.78 is 0. The van der Waals surface area contributed by atoms with Crippen LogP contribution in [0.25, 0.3) is 0 Å². The minimum atomic E-state index is -0.495. The summed E-state index contributed by atoms with van der Waals surface area (Å²) in [5.41, 5.74) is 3.03. The molecular weight excluding hydrogens is 304 g/mol. The van der Waals surface area contributed by atoms with E-state index in [-0.39, 0.29) is 16.9 Å². The number of nitro benzene ring substituents is 1. The Hall–Kier alpha value is -2.95. The van der Waals surface area contributed by atoms with E-state index < -0.39 is 4.92 Å². The van der Waals surface area contributed by atoms with Crippen LogP contribution in [0.3, 0.4) is 0 Å². The number of anilines is 1. The molecule has 1 aliphatic heterocycles. The van der Waals surface area contributed by atoms with Crippen LogP contribution in [-0.4, -0.2) is 17.8 Å². The first-order valence-electron chi connectivity index (χ1n) is 7.66. The fourth-order valence-electron chi connectivity index (χ4n) is 3.24. The van der Waals surface area contributed by atoms with Crippen molar-refractivity contribution in [2.75, 3.05) is 11.9 Å². The molecule has 1 aliphatic rings. The van der Waals surface area contributed by atoms with E-state index in [2.05, 4.69) is 19.9 Å². The number of allylic oxidation sites excluding steroid dienone is 2. The van der Waals surface area contributed by atoms with Crippen molar-refractivity contribution < 1.29 is 9.72 Å². The number of carbonyl (C=O) groups excluding carboxylic acids is 1. The van der Waals surface area contributed by atoms with Gasteiger partial charge in [0.15, 0.2) is 5.78 Å². The summed E-state index contributed by atoms with van der Waals surface area (Å²) in [5.74, 6) is -0.235. The molecule has 0 saturated heterocycles. The van der Waals surface area contributed by atoms with Crippen LogP contribution < -0.4 is 4.90 Å². The van der Waals surface area contributed by atoms with Gasteiger partial charge in [0.05, 0.1) is 4.92 Å². The highest BCUT2D eigenvalue weighted by atomic mass is 16.6. The van der Waals surface area contributed by atoms with Crippen LogP contribution in [0.1, 0.15) is 29.8 Å². The first kappa shape index (κ1) is 15.9. The number of non-ortho nitro benzene ring substituents is 1. The summed E-state index contributed by atoms with van der Waals surface area (Å²) in [5, 5.41) is 10.9. The van der Waals surface area contributed by atoms with E-state index in [1.807, 2.05) is 30.1 Å². The number of fused-ring (bicyclic) bond motifs is 1. The largest absolute Gasteiger partial charge is 0.347 e. The van der Waals surface area contributed by atoms with Gasteiger partial charge in [-0.15, -0.1) is 0 Å².